The molecule has 1 unspecified atom stereocenters. The van der Waals surface area contributed by atoms with Crippen LogP contribution in [0.5, 0.6) is 0 Å². The van der Waals surface area contributed by atoms with E-state index in [1.807, 2.05) is 6.08 Å². The van der Waals surface area contributed by atoms with Gasteiger partial charge in [-0.15, -0.1) is 0 Å². The summed E-state index contributed by atoms with van der Waals surface area (Å²) < 4.78 is 28.5. The van der Waals surface area contributed by atoms with E-state index in [0.717, 1.165) is 44.1 Å². The van der Waals surface area contributed by atoms with E-state index >= 15 is 0 Å². The lowest BCUT2D eigenvalue weighted by molar-refractivity contribution is -0.341. The number of rotatable bonds is 10. The van der Waals surface area contributed by atoms with Crippen LogP contribution in [0, 0.1) is 22.7 Å². The molecular weight excluding hydrogens is 564 g/mol. The Morgan fingerprint density at radius 3 is 2.53 bits per heavy atom. The lowest BCUT2D eigenvalue weighted by Crippen LogP contribution is -2.62. The molecule has 2 saturated heterocycles. The molecular formula is C31H48O12. The quantitative estimate of drug-likeness (QED) is 0.147. The van der Waals surface area contributed by atoms with E-state index in [2.05, 4.69) is 20.4 Å². The second-order valence-electron chi connectivity index (χ2n) is 13.7. The molecule has 0 aromatic rings. The predicted molar refractivity (Wildman–Crippen MR) is 150 cm³/mol. The van der Waals surface area contributed by atoms with Gasteiger partial charge in [-0.1, -0.05) is 32.4 Å². The Bertz CT molecular complexity index is 1070. The zero-order chi connectivity index (χ0) is 31.2. The van der Waals surface area contributed by atoms with Crippen LogP contribution in [0.2, 0.25) is 0 Å². The average Bonchev–Trinajstić information content (AvgIpc) is 3.52. The van der Waals surface area contributed by atoms with Crippen LogP contribution in [0.25, 0.3) is 0 Å². The normalized spacial score (nSPS) is 46.9. The van der Waals surface area contributed by atoms with Crippen LogP contribution in [0.3, 0.4) is 0 Å². The molecule has 0 radical (unpaired) electrons. The van der Waals surface area contributed by atoms with E-state index in [0.29, 0.717) is 13.0 Å². The Hall–Kier alpha value is -1.45. The number of aliphatic hydroxyl groups is 6. The van der Waals surface area contributed by atoms with Crippen LogP contribution >= 0.6 is 0 Å². The number of aliphatic hydroxyl groups excluding tert-OH is 5. The SMILES string of the molecule is C=C1CC[C@@H]2C(C)(CO[C@@H]3O[C@H](CO)[C@@H](O)[C@H](O)[C@H]3O[C@@H]3OC[C@](O)(CO)[C@H]3O)CCC[C@@]2(C)[C@@H]1CCC1=CCOC1=O. The molecule has 12 atom stereocenters. The number of hydrogen-bond acceptors (Lipinski definition) is 12. The monoisotopic (exact) mass is 612 g/mol. The summed E-state index contributed by atoms with van der Waals surface area (Å²) in [4.78, 5) is 12.1. The van der Waals surface area contributed by atoms with E-state index in [9.17, 15) is 35.4 Å². The van der Waals surface area contributed by atoms with Crippen LogP contribution in [0.4, 0.5) is 0 Å². The van der Waals surface area contributed by atoms with Crippen LogP contribution in [0.15, 0.2) is 23.8 Å². The van der Waals surface area contributed by atoms with Gasteiger partial charge in [-0.05, 0) is 67.3 Å². The van der Waals surface area contributed by atoms with Gasteiger partial charge in [-0.3, -0.25) is 0 Å². The van der Waals surface area contributed by atoms with Gasteiger partial charge in [-0.2, -0.15) is 0 Å². The van der Waals surface area contributed by atoms with Gasteiger partial charge in [0.2, 0.25) is 0 Å². The van der Waals surface area contributed by atoms with Gasteiger partial charge in [-0.25, -0.2) is 4.79 Å². The number of ether oxygens (including phenoxy) is 5. The third-order valence-electron chi connectivity index (χ3n) is 10.9. The summed E-state index contributed by atoms with van der Waals surface area (Å²) >= 11 is 0. The molecule has 6 N–H and O–H groups in total. The highest BCUT2D eigenvalue weighted by molar-refractivity contribution is 5.90. The topological polar surface area (TPSA) is 185 Å². The molecule has 2 aliphatic carbocycles. The third kappa shape index (κ3) is 6.08. The van der Waals surface area contributed by atoms with Crippen molar-refractivity contribution in [1.82, 2.24) is 0 Å². The molecule has 4 fully saturated rings. The molecule has 5 rings (SSSR count). The molecule has 0 spiro atoms. The number of hydrogen-bond donors (Lipinski definition) is 6. The Balaban J connectivity index is 1.31. The Kier molecular flexibility index (Phi) is 9.76. The van der Waals surface area contributed by atoms with E-state index < -0.39 is 68.5 Å². The van der Waals surface area contributed by atoms with Crippen LogP contribution in [-0.2, 0) is 28.5 Å². The van der Waals surface area contributed by atoms with E-state index in [1.165, 1.54) is 5.57 Å². The highest BCUT2D eigenvalue weighted by atomic mass is 16.8. The maximum atomic E-state index is 12.1. The van der Waals surface area contributed by atoms with Crippen LogP contribution < -0.4 is 0 Å². The fourth-order valence-electron chi connectivity index (χ4n) is 8.36. The lowest BCUT2D eigenvalue weighted by atomic mass is 9.47. The van der Waals surface area contributed by atoms with Crippen molar-refractivity contribution in [2.24, 2.45) is 22.7 Å². The number of cyclic esters (lactones) is 1. The van der Waals surface area contributed by atoms with Gasteiger partial charge < -0.3 is 54.3 Å². The number of carbonyl (C=O) groups excluding carboxylic acids is 1. The minimum atomic E-state index is -1.94. The molecule has 0 amide bonds. The largest absolute Gasteiger partial charge is 0.458 e. The van der Waals surface area contributed by atoms with Gasteiger partial charge in [0.15, 0.2) is 12.6 Å². The molecule has 12 nitrogen and oxygen atoms in total. The second-order valence-corrected chi connectivity index (χ2v) is 13.7. The maximum Gasteiger partial charge on any atom is 0.334 e. The van der Waals surface area contributed by atoms with Crippen molar-refractivity contribution in [3.05, 3.63) is 23.8 Å². The summed E-state index contributed by atoms with van der Waals surface area (Å²) in [6.45, 7) is 7.79. The first-order valence-electron chi connectivity index (χ1n) is 15.4. The van der Waals surface area contributed by atoms with E-state index in [4.69, 9.17) is 23.7 Å². The van der Waals surface area contributed by atoms with Crippen LogP contribution in [0.1, 0.15) is 58.8 Å². The van der Waals surface area contributed by atoms with Gasteiger partial charge in [0.05, 0.1) is 26.4 Å². The van der Waals surface area contributed by atoms with Gasteiger partial charge in [0.25, 0.3) is 0 Å². The van der Waals surface area contributed by atoms with E-state index in [1.54, 1.807) is 0 Å². The first kappa shape index (κ1) is 32.9. The Labute approximate surface area is 252 Å². The third-order valence-corrected chi connectivity index (χ3v) is 10.9. The smallest absolute Gasteiger partial charge is 0.334 e. The second kappa shape index (κ2) is 12.7. The molecule has 3 heterocycles. The number of allylic oxidation sites excluding steroid dienone is 1. The zero-order valence-electron chi connectivity index (χ0n) is 25.1. The van der Waals surface area contributed by atoms with Crippen molar-refractivity contribution >= 4 is 5.97 Å². The maximum absolute atomic E-state index is 12.1. The van der Waals surface area contributed by atoms with E-state index in [-0.39, 0.29) is 35.2 Å². The highest BCUT2D eigenvalue weighted by Crippen LogP contribution is 2.62. The molecule has 0 bridgehead atoms. The van der Waals surface area contributed by atoms with Gasteiger partial charge in [0.1, 0.15) is 42.7 Å². The summed E-state index contributed by atoms with van der Waals surface area (Å²) in [6.07, 6.45) is -1.77. The Morgan fingerprint density at radius 1 is 1.12 bits per heavy atom. The summed E-state index contributed by atoms with van der Waals surface area (Å²) in [5.41, 5.74) is -0.362. The summed E-state index contributed by atoms with van der Waals surface area (Å²) in [5.74, 6) is 0.254. The summed E-state index contributed by atoms with van der Waals surface area (Å²) in [6, 6.07) is 0. The molecule has 0 aromatic carbocycles. The summed E-state index contributed by atoms with van der Waals surface area (Å²) in [5, 5.41) is 61.7. The number of esters is 1. The van der Waals surface area contributed by atoms with Gasteiger partial charge in [0, 0.05) is 5.57 Å². The fraction of sp³-hybridized carbons (Fsp3) is 0.839. The lowest BCUT2D eigenvalue weighted by Gasteiger charge is -2.59. The minimum absolute atomic E-state index is 0.0715. The van der Waals surface area contributed by atoms with Crippen molar-refractivity contribution in [2.75, 3.05) is 33.0 Å². The van der Waals surface area contributed by atoms with Crippen LogP contribution in [-0.4, -0.2) is 118 Å². The minimum Gasteiger partial charge on any atom is -0.458 e. The molecule has 5 aliphatic rings. The Morgan fingerprint density at radius 2 is 1.88 bits per heavy atom. The zero-order valence-corrected chi connectivity index (χ0v) is 25.1. The fourth-order valence-corrected chi connectivity index (χ4v) is 8.36. The molecule has 2 saturated carbocycles. The number of carbonyl (C=O) groups is 1. The van der Waals surface area contributed by atoms with Crippen molar-refractivity contribution in [1.29, 1.82) is 0 Å². The van der Waals surface area contributed by atoms with Crippen molar-refractivity contribution in [3.8, 4) is 0 Å². The summed E-state index contributed by atoms with van der Waals surface area (Å²) in [7, 11) is 0. The molecule has 3 aliphatic heterocycles. The predicted octanol–water partition coefficient (Wildman–Crippen LogP) is 0.310. The first-order valence-corrected chi connectivity index (χ1v) is 15.4. The first-order chi connectivity index (χ1) is 20.4. The van der Waals surface area contributed by atoms with Crippen molar-refractivity contribution in [3.63, 3.8) is 0 Å². The average molecular weight is 613 g/mol. The highest BCUT2D eigenvalue weighted by Gasteiger charge is 2.56. The molecule has 0 aromatic heterocycles. The number of fused-ring (bicyclic) bond motifs is 1. The van der Waals surface area contributed by atoms with Gasteiger partial charge >= 0.3 is 5.97 Å². The van der Waals surface area contributed by atoms with Crippen molar-refractivity contribution < 1.29 is 59.1 Å². The molecule has 244 valence electrons. The molecule has 12 heteroatoms. The van der Waals surface area contributed by atoms with Crippen molar-refractivity contribution in [2.45, 2.75) is 107 Å². The molecule has 43 heavy (non-hydrogen) atoms. The standard InChI is InChI=1S/C31H48O12/c1-17-5-8-21-29(2,10-4-11-30(21,3)19(17)7-6-18-9-12-39-26(18)37)15-40-27-24(23(35)22(34)20(13-32)42-27)43-28-25(36)31(38,14-33)16-41-28/h9,19-25,27-28,32-36,38H,1,4-8,10-16H2,2-3H3/t19-,20-,21-,22-,23+,24-,25+,27-,28+,29?,30+,31-/m1/s1.